The summed E-state index contributed by atoms with van der Waals surface area (Å²) >= 11 is 1.73. The van der Waals surface area contributed by atoms with Crippen LogP contribution in [-0.4, -0.2) is 21.9 Å². The quantitative estimate of drug-likeness (QED) is 0.415. The number of ether oxygens (including phenoxy) is 1. The maximum atomic E-state index is 12.5. The average Bonchev–Trinajstić information content (AvgIpc) is 2.80. The van der Waals surface area contributed by atoms with Crippen molar-refractivity contribution in [1.82, 2.24) is 9.38 Å². The lowest BCUT2D eigenvalue weighted by Gasteiger charge is -2.32. The van der Waals surface area contributed by atoms with Crippen molar-refractivity contribution in [1.29, 1.82) is 0 Å². The summed E-state index contributed by atoms with van der Waals surface area (Å²) in [4.78, 5) is 33.8. The van der Waals surface area contributed by atoms with Crippen molar-refractivity contribution in [2.75, 3.05) is 11.4 Å². The molecule has 2 aromatic heterocycles. The van der Waals surface area contributed by atoms with Gasteiger partial charge in [-0.3, -0.25) is 14.0 Å². The number of anilines is 2. The van der Waals surface area contributed by atoms with E-state index in [2.05, 4.69) is 34.1 Å². The number of hydrogen-bond donors (Lipinski definition) is 0. The molecule has 0 bridgehead atoms. The van der Waals surface area contributed by atoms with E-state index in [0.717, 1.165) is 26.7 Å². The Morgan fingerprint density at radius 3 is 2.41 bits per heavy atom. The van der Waals surface area contributed by atoms with Crippen molar-refractivity contribution in [3.63, 3.8) is 0 Å². The summed E-state index contributed by atoms with van der Waals surface area (Å²) in [6, 6.07) is 21.5. The van der Waals surface area contributed by atoms with Crippen molar-refractivity contribution in [2.24, 2.45) is 0 Å². The largest absolute Gasteiger partial charge is 0.459 e. The summed E-state index contributed by atoms with van der Waals surface area (Å²) in [7, 11) is 0. The minimum Gasteiger partial charge on any atom is -0.459 e. The molecule has 7 heteroatoms. The third kappa shape index (κ3) is 3.99. The number of carbonyl (C=O) groups excluding carboxylic acids is 1. The SMILES string of the molecule is Cc1ccn2c(=O)cc(COC(=O)CCN3c4ccccc4Sc4ccccc43)nc2c1. The Balaban J connectivity index is 1.28. The van der Waals surface area contributed by atoms with Gasteiger partial charge in [-0.2, -0.15) is 0 Å². The molecule has 6 nitrogen and oxygen atoms in total. The van der Waals surface area contributed by atoms with Gasteiger partial charge in [0.15, 0.2) is 0 Å². The zero-order valence-corrected chi connectivity index (χ0v) is 18.3. The first-order valence-electron chi connectivity index (χ1n) is 10.4. The van der Waals surface area contributed by atoms with E-state index in [1.807, 2.05) is 43.3 Å². The predicted octanol–water partition coefficient (Wildman–Crippen LogP) is 4.74. The van der Waals surface area contributed by atoms with E-state index in [-0.39, 0.29) is 24.6 Å². The first-order chi connectivity index (χ1) is 15.6. The lowest BCUT2D eigenvalue weighted by Crippen LogP contribution is -2.24. The molecule has 1 aliphatic heterocycles. The standard InChI is InChI=1S/C25H21N3O3S/c1-17-10-12-28-23(14-17)26-18(15-24(28)29)16-31-25(30)11-13-27-19-6-2-4-8-21(19)32-22-9-5-3-7-20(22)27/h2-10,12,14-15H,11,13,16H2,1H3. The van der Waals surface area contributed by atoms with Crippen LogP contribution in [0.2, 0.25) is 0 Å². The molecule has 32 heavy (non-hydrogen) atoms. The number of nitrogens with zero attached hydrogens (tertiary/aromatic N) is 3. The molecule has 1 aliphatic rings. The fraction of sp³-hybridized carbons (Fsp3) is 0.160. The maximum absolute atomic E-state index is 12.5. The Labute approximate surface area is 189 Å². The summed E-state index contributed by atoms with van der Waals surface area (Å²) < 4.78 is 6.92. The van der Waals surface area contributed by atoms with Crippen LogP contribution in [0.15, 0.2) is 87.5 Å². The first kappa shape index (κ1) is 20.3. The summed E-state index contributed by atoms with van der Waals surface area (Å²) in [5.74, 6) is -0.329. The minimum atomic E-state index is -0.329. The second-order valence-corrected chi connectivity index (χ2v) is 8.70. The van der Waals surface area contributed by atoms with Crippen LogP contribution in [0, 0.1) is 6.92 Å². The smallest absolute Gasteiger partial charge is 0.307 e. The van der Waals surface area contributed by atoms with E-state index in [1.54, 1.807) is 18.0 Å². The summed E-state index contributed by atoms with van der Waals surface area (Å²) in [5, 5.41) is 0. The van der Waals surface area contributed by atoms with Crippen LogP contribution in [0.25, 0.3) is 5.65 Å². The Hall–Kier alpha value is -3.58. The monoisotopic (exact) mass is 443 g/mol. The normalized spacial score (nSPS) is 12.3. The summed E-state index contributed by atoms with van der Waals surface area (Å²) in [5.41, 5.74) is 3.97. The van der Waals surface area contributed by atoms with Gasteiger partial charge >= 0.3 is 5.97 Å². The molecule has 0 saturated carbocycles. The van der Waals surface area contributed by atoms with Gasteiger partial charge in [-0.05, 0) is 48.9 Å². The lowest BCUT2D eigenvalue weighted by molar-refractivity contribution is -0.144. The van der Waals surface area contributed by atoms with Gasteiger partial charge in [-0.15, -0.1) is 0 Å². The third-order valence-electron chi connectivity index (χ3n) is 5.33. The highest BCUT2D eigenvalue weighted by molar-refractivity contribution is 7.99. The highest BCUT2D eigenvalue weighted by Crippen LogP contribution is 2.47. The van der Waals surface area contributed by atoms with Crippen molar-refractivity contribution in [3.05, 3.63) is 94.5 Å². The number of pyridine rings is 1. The van der Waals surface area contributed by atoms with Gasteiger partial charge in [0.25, 0.3) is 5.56 Å². The third-order valence-corrected chi connectivity index (χ3v) is 6.46. The molecule has 4 aromatic rings. The highest BCUT2D eigenvalue weighted by Gasteiger charge is 2.23. The van der Waals surface area contributed by atoms with Crippen molar-refractivity contribution in [2.45, 2.75) is 29.7 Å². The molecule has 160 valence electrons. The van der Waals surface area contributed by atoms with E-state index < -0.39 is 0 Å². The molecule has 0 radical (unpaired) electrons. The number of para-hydroxylation sites is 2. The molecule has 0 amide bonds. The van der Waals surface area contributed by atoms with Crippen LogP contribution < -0.4 is 10.5 Å². The first-order valence-corrected chi connectivity index (χ1v) is 11.2. The summed E-state index contributed by atoms with van der Waals surface area (Å²) in [6.45, 7) is 2.41. The Morgan fingerprint density at radius 1 is 1.00 bits per heavy atom. The molecule has 0 aliphatic carbocycles. The van der Waals surface area contributed by atoms with Crippen LogP contribution in [0.1, 0.15) is 17.7 Å². The Bertz CT molecular complexity index is 1340. The molecular formula is C25H21N3O3S. The van der Waals surface area contributed by atoms with Crippen LogP contribution in [0.4, 0.5) is 11.4 Å². The van der Waals surface area contributed by atoms with E-state index in [9.17, 15) is 9.59 Å². The summed E-state index contributed by atoms with van der Waals surface area (Å²) in [6.07, 6.45) is 1.92. The number of aryl methyl sites for hydroxylation is 1. The molecule has 3 heterocycles. The number of fused-ring (bicyclic) bond motifs is 3. The van der Waals surface area contributed by atoms with E-state index >= 15 is 0 Å². The zero-order chi connectivity index (χ0) is 22.1. The Morgan fingerprint density at radius 2 is 1.69 bits per heavy atom. The number of carbonyl (C=O) groups is 1. The molecule has 0 unspecified atom stereocenters. The minimum absolute atomic E-state index is 0.0262. The predicted molar refractivity (Wildman–Crippen MR) is 125 cm³/mol. The van der Waals surface area contributed by atoms with Gasteiger partial charge in [0.2, 0.25) is 0 Å². The fourth-order valence-electron chi connectivity index (χ4n) is 3.78. The van der Waals surface area contributed by atoms with Gasteiger partial charge in [0.1, 0.15) is 12.3 Å². The number of esters is 1. The second kappa shape index (κ2) is 8.51. The van der Waals surface area contributed by atoms with Crippen molar-refractivity contribution in [3.8, 4) is 0 Å². The van der Waals surface area contributed by atoms with Crippen LogP contribution in [0.3, 0.4) is 0 Å². The molecule has 5 rings (SSSR count). The molecule has 2 aromatic carbocycles. The maximum Gasteiger partial charge on any atom is 0.307 e. The average molecular weight is 444 g/mol. The number of hydrogen-bond acceptors (Lipinski definition) is 6. The van der Waals surface area contributed by atoms with Crippen LogP contribution in [0.5, 0.6) is 0 Å². The van der Waals surface area contributed by atoms with Gasteiger partial charge in [-0.25, -0.2) is 4.98 Å². The second-order valence-electron chi connectivity index (χ2n) is 7.62. The number of benzene rings is 2. The molecule has 0 N–H and O–H groups in total. The lowest BCUT2D eigenvalue weighted by atomic mass is 10.2. The molecule has 0 saturated heterocycles. The molecule has 0 atom stereocenters. The van der Waals surface area contributed by atoms with Crippen LogP contribution >= 0.6 is 11.8 Å². The van der Waals surface area contributed by atoms with Gasteiger partial charge < -0.3 is 9.64 Å². The number of aromatic nitrogens is 2. The van der Waals surface area contributed by atoms with E-state index in [0.29, 0.717) is 17.9 Å². The Kier molecular flexibility index (Phi) is 5.41. The molecule has 0 spiro atoms. The number of rotatable bonds is 5. The van der Waals surface area contributed by atoms with Gasteiger partial charge in [0.05, 0.1) is 23.5 Å². The fourth-order valence-corrected chi connectivity index (χ4v) is 4.88. The highest BCUT2D eigenvalue weighted by atomic mass is 32.2. The van der Waals surface area contributed by atoms with Gasteiger partial charge in [-0.1, -0.05) is 36.0 Å². The van der Waals surface area contributed by atoms with Crippen molar-refractivity contribution >= 4 is 34.8 Å². The molecular weight excluding hydrogens is 422 g/mol. The van der Waals surface area contributed by atoms with E-state index in [4.69, 9.17) is 4.74 Å². The van der Waals surface area contributed by atoms with Crippen molar-refractivity contribution < 1.29 is 9.53 Å². The topological polar surface area (TPSA) is 63.9 Å². The van der Waals surface area contributed by atoms with Crippen LogP contribution in [-0.2, 0) is 16.1 Å². The zero-order valence-electron chi connectivity index (χ0n) is 17.5. The molecule has 0 fully saturated rings. The van der Waals surface area contributed by atoms with E-state index in [1.165, 1.54) is 10.5 Å². The van der Waals surface area contributed by atoms with Gasteiger partial charge in [0, 0.05) is 28.6 Å².